The average Bonchev–Trinajstić information content (AvgIpc) is 3.38. The number of pyridine rings is 1. The van der Waals surface area contributed by atoms with Gasteiger partial charge in [-0.2, -0.15) is 0 Å². The summed E-state index contributed by atoms with van der Waals surface area (Å²) in [5.74, 6) is 2.17. The number of aromatic nitrogens is 2. The molecule has 190 valence electrons. The van der Waals surface area contributed by atoms with Crippen LogP contribution >= 0.6 is 0 Å². The second-order valence-electron chi connectivity index (χ2n) is 9.70. The van der Waals surface area contributed by atoms with Gasteiger partial charge in [0.2, 0.25) is 0 Å². The molecule has 0 saturated carbocycles. The van der Waals surface area contributed by atoms with Gasteiger partial charge in [-0.1, -0.05) is 74.0 Å². The average molecular weight is 493 g/mol. The number of nitrogens with zero attached hydrogens (tertiary/aromatic N) is 1. The Kier molecular flexibility index (Phi) is 8.02. The highest BCUT2D eigenvalue weighted by molar-refractivity contribution is 5.87. The van der Waals surface area contributed by atoms with Crippen molar-refractivity contribution in [1.29, 1.82) is 0 Å². The number of hydrogen-bond acceptors (Lipinski definition) is 4. The Balaban J connectivity index is 1.32. The summed E-state index contributed by atoms with van der Waals surface area (Å²) in [6.45, 7) is 4.02. The molecule has 37 heavy (non-hydrogen) atoms. The molecule has 0 amide bonds. The maximum atomic E-state index is 5.64. The van der Waals surface area contributed by atoms with Gasteiger partial charge in [-0.15, -0.1) is 0 Å². The monoisotopic (exact) mass is 492 g/mol. The first kappa shape index (κ1) is 24.8. The number of hydrogen-bond donors (Lipinski definition) is 3. The molecule has 0 saturated heterocycles. The van der Waals surface area contributed by atoms with Gasteiger partial charge >= 0.3 is 0 Å². The van der Waals surface area contributed by atoms with Crippen molar-refractivity contribution in [1.82, 2.24) is 15.3 Å². The minimum absolute atomic E-state index is 0.219. The Morgan fingerprint density at radius 1 is 0.892 bits per heavy atom. The molecule has 5 aromatic rings. The smallest absolute Gasteiger partial charge is 0.131 e. The SMILES string of the molecule is CCCC(CNc1cc(OC)c2ccccc2n1)CNC(Cc1ccccc1)c1c[nH]c2ccccc12. The van der Waals surface area contributed by atoms with E-state index < -0.39 is 0 Å². The predicted molar refractivity (Wildman–Crippen MR) is 154 cm³/mol. The molecule has 3 aromatic carbocycles. The number of benzene rings is 3. The van der Waals surface area contributed by atoms with Gasteiger partial charge in [-0.3, -0.25) is 0 Å². The number of aromatic amines is 1. The van der Waals surface area contributed by atoms with E-state index in [0.29, 0.717) is 5.92 Å². The van der Waals surface area contributed by atoms with E-state index in [4.69, 9.17) is 9.72 Å². The molecule has 0 aliphatic heterocycles. The molecule has 0 aliphatic carbocycles. The standard InChI is InChI=1S/C32H36N4O/c1-3-11-24(21-35-32-19-31(37-2)26-15-8-10-17-29(26)36-32)20-33-30(18-23-12-5-4-6-13-23)27-22-34-28-16-9-7-14-25(27)28/h4-10,12-17,19,22,24,30,33-34H,3,11,18,20-21H2,1-2H3,(H,35,36). The van der Waals surface area contributed by atoms with Crippen molar-refractivity contribution in [2.75, 3.05) is 25.5 Å². The number of H-pyrrole nitrogens is 1. The van der Waals surface area contributed by atoms with Crippen molar-refractivity contribution in [3.05, 3.63) is 102 Å². The highest BCUT2D eigenvalue weighted by Crippen LogP contribution is 2.29. The number of para-hydroxylation sites is 2. The fraction of sp³-hybridized carbons (Fsp3) is 0.281. The fourth-order valence-corrected chi connectivity index (χ4v) is 5.17. The predicted octanol–water partition coefficient (Wildman–Crippen LogP) is 7.13. The van der Waals surface area contributed by atoms with E-state index in [2.05, 4.69) is 83.3 Å². The number of anilines is 1. The molecular formula is C32H36N4O. The summed E-state index contributed by atoms with van der Waals surface area (Å²) in [4.78, 5) is 8.29. The van der Waals surface area contributed by atoms with Gasteiger partial charge in [0, 0.05) is 47.7 Å². The van der Waals surface area contributed by atoms with Crippen LogP contribution in [-0.2, 0) is 6.42 Å². The van der Waals surface area contributed by atoms with E-state index >= 15 is 0 Å². The fourth-order valence-electron chi connectivity index (χ4n) is 5.17. The molecule has 0 fully saturated rings. The van der Waals surface area contributed by atoms with Crippen LogP contribution < -0.4 is 15.4 Å². The van der Waals surface area contributed by atoms with E-state index in [9.17, 15) is 0 Å². The molecule has 0 spiro atoms. The number of methoxy groups -OCH3 is 1. The topological polar surface area (TPSA) is 62.0 Å². The van der Waals surface area contributed by atoms with E-state index in [1.807, 2.05) is 30.3 Å². The van der Waals surface area contributed by atoms with Crippen LogP contribution in [0, 0.1) is 5.92 Å². The lowest BCUT2D eigenvalue weighted by molar-refractivity contribution is 0.416. The summed E-state index contributed by atoms with van der Waals surface area (Å²) in [7, 11) is 1.72. The molecule has 2 unspecified atom stereocenters. The van der Waals surface area contributed by atoms with Gasteiger partial charge in [0.25, 0.3) is 0 Å². The van der Waals surface area contributed by atoms with Crippen LogP contribution in [0.25, 0.3) is 21.8 Å². The molecule has 3 N–H and O–H groups in total. The van der Waals surface area contributed by atoms with E-state index in [1.165, 1.54) is 22.0 Å². The molecule has 2 heterocycles. The van der Waals surface area contributed by atoms with Gasteiger partial charge < -0.3 is 20.4 Å². The minimum atomic E-state index is 0.219. The van der Waals surface area contributed by atoms with Crippen molar-refractivity contribution in [2.24, 2.45) is 5.92 Å². The molecule has 2 aromatic heterocycles. The van der Waals surface area contributed by atoms with Gasteiger partial charge in [-0.25, -0.2) is 4.98 Å². The largest absolute Gasteiger partial charge is 0.496 e. The van der Waals surface area contributed by atoms with Crippen LogP contribution in [0.4, 0.5) is 5.82 Å². The second-order valence-corrected chi connectivity index (χ2v) is 9.70. The first-order chi connectivity index (χ1) is 18.2. The zero-order chi connectivity index (χ0) is 25.5. The number of ether oxygens (including phenoxy) is 1. The molecule has 2 atom stereocenters. The molecule has 0 bridgehead atoms. The van der Waals surface area contributed by atoms with E-state index in [1.54, 1.807) is 7.11 Å². The van der Waals surface area contributed by atoms with Crippen molar-refractivity contribution < 1.29 is 4.74 Å². The number of fused-ring (bicyclic) bond motifs is 2. The van der Waals surface area contributed by atoms with Gasteiger partial charge in [-0.05, 0) is 48.1 Å². The van der Waals surface area contributed by atoms with Crippen molar-refractivity contribution in [3.63, 3.8) is 0 Å². The van der Waals surface area contributed by atoms with E-state index in [0.717, 1.165) is 54.8 Å². The Hall–Kier alpha value is -3.83. The third-order valence-corrected chi connectivity index (χ3v) is 7.10. The van der Waals surface area contributed by atoms with Gasteiger partial charge in [0.05, 0.1) is 12.6 Å². The van der Waals surface area contributed by atoms with Crippen LogP contribution in [0.3, 0.4) is 0 Å². The van der Waals surface area contributed by atoms with Crippen LogP contribution in [0.2, 0.25) is 0 Å². The number of rotatable bonds is 12. The van der Waals surface area contributed by atoms with Gasteiger partial charge in [0.15, 0.2) is 0 Å². The highest BCUT2D eigenvalue weighted by Gasteiger charge is 2.19. The maximum Gasteiger partial charge on any atom is 0.131 e. The van der Waals surface area contributed by atoms with Crippen molar-refractivity contribution >= 4 is 27.6 Å². The van der Waals surface area contributed by atoms with Crippen LogP contribution in [0.15, 0.2) is 91.1 Å². The Morgan fingerprint density at radius 2 is 1.65 bits per heavy atom. The summed E-state index contributed by atoms with van der Waals surface area (Å²) in [6, 6.07) is 29.6. The zero-order valence-electron chi connectivity index (χ0n) is 21.7. The minimum Gasteiger partial charge on any atom is -0.496 e. The molecule has 5 rings (SSSR count). The quantitative estimate of drug-likeness (QED) is 0.173. The first-order valence-corrected chi connectivity index (χ1v) is 13.3. The highest BCUT2D eigenvalue weighted by atomic mass is 16.5. The summed E-state index contributed by atoms with van der Waals surface area (Å²) < 4.78 is 5.64. The van der Waals surface area contributed by atoms with Crippen LogP contribution in [0.5, 0.6) is 5.75 Å². The second kappa shape index (κ2) is 11.9. The first-order valence-electron chi connectivity index (χ1n) is 13.3. The lowest BCUT2D eigenvalue weighted by Gasteiger charge is -2.24. The normalized spacial score (nSPS) is 13.0. The van der Waals surface area contributed by atoms with E-state index in [-0.39, 0.29) is 6.04 Å². The summed E-state index contributed by atoms with van der Waals surface area (Å²) >= 11 is 0. The Morgan fingerprint density at radius 3 is 2.46 bits per heavy atom. The van der Waals surface area contributed by atoms with Crippen molar-refractivity contribution in [2.45, 2.75) is 32.2 Å². The number of nitrogens with one attached hydrogen (secondary N) is 3. The summed E-state index contributed by atoms with van der Waals surface area (Å²) in [6.07, 6.45) is 5.39. The summed E-state index contributed by atoms with van der Waals surface area (Å²) in [5, 5.41) is 9.85. The maximum absolute atomic E-state index is 5.64. The van der Waals surface area contributed by atoms with Crippen LogP contribution in [0.1, 0.15) is 36.9 Å². The molecule has 0 aliphatic rings. The lowest BCUT2D eigenvalue weighted by atomic mass is 9.96. The summed E-state index contributed by atoms with van der Waals surface area (Å²) in [5.41, 5.74) is 4.78. The zero-order valence-corrected chi connectivity index (χ0v) is 21.7. The molecular weight excluding hydrogens is 456 g/mol. The molecule has 5 nitrogen and oxygen atoms in total. The Bertz CT molecular complexity index is 1430. The Labute approximate surface area is 219 Å². The molecule has 0 radical (unpaired) electrons. The third kappa shape index (κ3) is 5.95. The van der Waals surface area contributed by atoms with Gasteiger partial charge in [0.1, 0.15) is 11.6 Å². The van der Waals surface area contributed by atoms with Crippen LogP contribution in [-0.4, -0.2) is 30.2 Å². The molecule has 5 heteroatoms. The third-order valence-electron chi connectivity index (χ3n) is 7.10. The lowest BCUT2D eigenvalue weighted by Crippen LogP contribution is -2.32. The van der Waals surface area contributed by atoms with Crippen molar-refractivity contribution in [3.8, 4) is 5.75 Å².